The Morgan fingerprint density at radius 2 is 2.07 bits per heavy atom. The summed E-state index contributed by atoms with van der Waals surface area (Å²) in [7, 11) is 0. The van der Waals surface area contributed by atoms with Crippen molar-refractivity contribution in [2.75, 3.05) is 0 Å². The first kappa shape index (κ1) is 10.7. The van der Waals surface area contributed by atoms with Gasteiger partial charge in [-0.05, 0) is 0 Å². The Hall–Kier alpha value is -2.38. The number of rotatable bonds is 2. The quantitative estimate of drug-likeness (QED) is 0.212. The van der Waals surface area contributed by atoms with Gasteiger partial charge in [0.05, 0.1) is 9.85 Å². The van der Waals surface area contributed by atoms with Gasteiger partial charge in [-0.25, -0.2) is 0 Å². The van der Waals surface area contributed by atoms with Crippen molar-refractivity contribution in [1.29, 1.82) is 0 Å². The van der Waals surface area contributed by atoms with E-state index in [0.29, 0.717) is 12.2 Å². The van der Waals surface area contributed by atoms with Crippen LogP contribution in [0.4, 0.5) is 0 Å². The van der Waals surface area contributed by atoms with Gasteiger partial charge in [0.15, 0.2) is 0 Å². The van der Waals surface area contributed by atoms with Crippen molar-refractivity contribution < 1.29 is 19.7 Å². The molecule has 0 radical (unpaired) electrons. The molecule has 1 aliphatic rings. The summed E-state index contributed by atoms with van der Waals surface area (Å²) in [5, 5.41) is 30.1. The molecule has 1 rings (SSSR count). The molecule has 0 aliphatic heterocycles. The summed E-state index contributed by atoms with van der Waals surface area (Å²) in [6.45, 7) is 0. The van der Waals surface area contributed by atoms with Crippen molar-refractivity contribution in [2.24, 2.45) is 0 Å². The average molecular weight is 212 g/mol. The van der Waals surface area contributed by atoms with Crippen LogP contribution in [0.2, 0.25) is 0 Å². The van der Waals surface area contributed by atoms with Gasteiger partial charge < -0.3 is 10.6 Å². The van der Waals surface area contributed by atoms with E-state index in [2.05, 4.69) is 4.79 Å². The summed E-state index contributed by atoms with van der Waals surface area (Å²) < 4.78 is 0. The maximum atomic E-state index is 10.4. The van der Waals surface area contributed by atoms with Gasteiger partial charge in [0.1, 0.15) is 6.08 Å². The van der Waals surface area contributed by atoms with Gasteiger partial charge in [-0.3, -0.25) is 20.2 Å². The highest BCUT2D eigenvalue weighted by molar-refractivity contribution is 5.99. The molecule has 9 heteroatoms. The molecule has 0 saturated carbocycles. The van der Waals surface area contributed by atoms with Crippen LogP contribution in [0.5, 0.6) is 0 Å². The molecule has 0 fully saturated rings. The van der Waals surface area contributed by atoms with Gasteiger partial charge >= 0.3 is 11.4 Å². The lowest BCUT2D eigenvalue weighted by Gasteiger charge is -2.10. The number of nitro groups is 2. The maximum Gasteiger partial charge on any atom is 0.444 e. The van der Waals surface area contributed by atoms with Crippen LogP contribution >= 0.6 is 0 Å². The van der Waals surface area contributed by atoms with Gasteiger partial charge in [-0.1, -0.05) is 0 Å². The van der Waals surface area contributed by atoms with Crippen molar-refractivity contribution in [3.05, 3.63) is 49.7 Å². The minimum absolute atomic E-state index is 0.519. The fourth-order valence-electron chi connectivity index (χ4n) is 0.952. The molecule has 0 spiro atoms. The van der Waals surface area contributed by atoms with E-state index in [1.165, 1.54) is 0 Å². The Kier molecular flexibility index (Phi) is 2.43. The van der Waals surface area contributed by atoms with Crippen LogP contribution in [0.3, 0.4) is 0 Å². The van der Waals surface area contributed by atoms with Crippen molar-refractivity contribution in [3.63, 3.8) is 0 Å². The molecule has 0 heterocycles. The van der Waals surface area contributed by atoms with Gasteiger partial charge in [0.25, 0.3) is 5.70 Å². The van der Waals surface area contributed by atoms with Crippen molar-refractivity contribution >= 4 is 5.71 Å². The molecule has 1 unspecified atom stereocenters. The highest BCUT2D eigenvalue weighted by atomic mass is 16.7. The molecule has 0 aromatic carbocycles. The normalized spacial score (nSPS) is 24.3. The molecule has 0 saturated heterocycles. The average Bonchev–Trinajstić information content (AvgIpc) is 2.17. The summed E-state index contributed by atoms with van der Waals surface area (Å²) >= 11 is 0. The Labute approximate surface area is 81.9 Å². The number of nitrogens with zero attached hydrogens (tertiary/aromatic N) is 4. The van der Waals surface area contributed by atoms with Gasteiger partial charge in [0.2, 0.25) is 0 Å². The number of aliphatic hydroxyl groups is 1. The molecule has 0 bridgehead atoms. The van der Waals surface area contributed by atoms with Crippen LogP contribution in [0, 0.1) is 20.2 Å². The first-order chi connectivity index (χ1) is 6.91. The van der Waals surface area contributed by atoms with E-state index in [1.807, 2.05) is 0 Å². The summed E-state index contributed by atoms with van der Waals surface area (Å²) in [5.74, 6) is 0. The Bertz CT molecular complexity index is 446. The summed E-state index contributed by atoms with van der Waals surface area (Å²) in [5.41, 5.74) is 4.33. The number of hydrogen-bond donors (Lipinski definition) is 1. The Balaban J connectivity index is 3.27. The smallest absolute Gasteiger partial charge is 0.361 e. The van der Waals surface area contributed by atoms with Crippen LogP contribution in [0.1, 0.15) is 0 Å². The Morgan fingerprint density at radius 1 is 1.47 bits per heavy atom. The second-order valence-corrected chi connectivity index (χ2v) is 2.63. The lowest BCUT2D eigenvalue weighted by atomic mass is 10.0. The van der Waals surface area contributed by atoms with Crippen LogP contribution in [0.15, 0.2) is 23.9 Å². The van der Waals surface area contributed by atoms with E-state index < -0.39 is 27.0 Å². The predicted octanol–water partition coefficient (Wildman–Crippen LogP) is -0.647. The van der Waals surface area contributed by atoms with Crippen LogP contribution < -0.4 is 0 Å². The molecule has 1 N–H and O–H groups in total. The van der Waals surface area contributed by atoms with Crippen molar-refractivity contribution in [2.45, 2.75) is 5.72 Å². The maximum absolute atomic E-state index is 10.4. The summed E-state index contributed by atoms with van der Waals surface area (Å²) in [6.07, 6.45) is 1.94. The third kappa shape index (κ3) is 1.64. The molecule has 78 valence electrons. The molecule has 0 aromatic rings. The highest BCUT2D eigenvalue weighted by Gasteiger charge is 2.53. The second kappa shape index (κ2) is 3.40. The second-order valence-electron chi connectivity index (χ2n) is 2.63. The minimum Gasteiger partial charge on any atom is -0.361 e. The highest BCUT2D eigenvalue weighted by Crippen LogP contribution is 2.18. The van der Waals surface area contributed by atoms with E-state index >= 15 is 0 Å². The van der Waals surface area contributed by atoms with E-state index in [4.69, 9.17) is 5.53 Å². The number of allylic oxidation sites excluding steroid dienone is 1. The summed E-state index contributed by atoms with van der Waals surface area (Å²) in [4.78, 5) is 21.2. The SMILES string of the molecule is [N-]=[N+]=C1C=C([N+](=O)[O-])C=CC1(O)[N+](=O)[O-]. The third-order valence-corrected chi connectivity index (χ3v) is 1.74. The fraction of sp³-hybridized carbons (Fsp3) is 0.167. The number of hydrogen-bond acceptors (Lipinski definition) is 5. The van der Waals surface area contributed by atoms with E-state index in [0.717, 1.165) is 6.08 Å². The fourth-order valence-corrected chi connectivity index (χ4v) is 0.952. The minimum atomic E-state index is -2.73. The molecule has 15 heavy (non-hydrogen) atoms. The molecular formula is C6H4N4O5. The van der Waals surface area contributed by atoms with Crippen LogP contribution in [-0.2, 0) is 0 Å². The zero-order valence-electron chi connectivity index (χ0n) is 7.10. The topological polar surface area (TPSA) is 143 Å². The van der Waals surface area contributed by atoms with Gasteiger partial charge in [-0.15, -0.1) is 0 Å². The van der Waals surface area contributed by atoms with E-state index in [9.17, 15) is 25.3 Å². The summed E-state index contributed by atoms with van der Waals surface area (Å²) in [6, 6.07) is 0. The van der Waals surface area contributed by atoms with Gasteiger partial charge in [0, 0.05) is 12.2 Å². The third-order valence-electron chi connectivity index (χ3n) is 1.74. The molecular weight excluding hydrogens is 208 g/mol. The molecule has 9 nitrogen and oxygen atoms in total. The molecule has 0 amide bonds. The van der Waals surface area contributed by atoms with Crippen LogP contribution in [0.25, 0.3) is 5.53 Å². The van der Waals surface area contributed by atoms with Gasteiger partial charge in [-0.2, -0.15) is 4.79 Å². The first-order valence-corrected chi connectivity index (χ1v) is 3.56. The Morgan fingerprint density at radius 3 is 2.47 bits per heavy atom. The monoisotopic (exact) mass is 212 g/mol. The molecule has 1 aliphatic carbocycles. The molecule has 0 aromatic heterocycles. The van der Waals surface area contributed by atoms with E-state index in [1.54, 1.807) is 0 Å². The van der Waals surface area contributed by atoms with Crippen molar-refractivity contribution in [1.82, 2.24) is 0 Å². The lowest BCUT2D eigenvalue weighted by Crippen LogP contribution is -2.45. The first-order valence-electron chi connectivity index (χ1n) is 3.56. The lowest BCUT2D eigenvalue weighted by molar-refractivity contribution is -0.586. The molecule has 1 atom stereocenters. The zero-order valence-corrected chi connectivity index (χ0v) is 7.10. The standard InChI is InChI=1S/C6H4N4O5/c7-8-5-3-4(9(12)13)1-2-6(5,11)10(14)15/h1-3,11H. The zero-order chi connectivity index (χ0) is 11.6. The van der Waals surface area contributed by atoms with Crippen LogP contribution in [-0.4, -0.2) is 31.2 Å². The predicted molar refractivity (Wildman–Crippen MR) is 44.8 cm³/mol. The van der Waals surface area contributed by atoms with Crippen molar-refractivity contribution in [3.8, 4) is 0 Å². The largest absolute Gasteiger partial charge is 0.444 e. The van der Waals surface area contributed by atoms with E-state index in [-0.39, 0.29) is 0 Å².